The van der Waals surface area contributed by atoms with E-state index in [1.807, 2.05) is 32.9 Å². The van der Waals surface area contributed by atoms with E-state index in [1.165, 1.54) is 0 Å². The van der Waals surface area contributed by atoms with Gasteiger partial charge in [0.05, 0.1) is 0 Å². The predicted octanol–water partition coefficient (Wildman–Crippen LogP) is 4.31. The fourth-order valence-electron chi connectivity index (χ4n) is 3.21. The number of aliphatic carboxylic acids is 1. The highest BCUT2D eigenvalue weighted by Crippen LogP contribution is 2.48. The van der Waals surface area contributed by atoms with Crippen LogP contribution in [0.3, 0.4) is 0 Å². The van der Waals surface area contributed by atoms with Crippen molar-refractivity contribution in [3.63, 3.8) is 0 Å². The van der Waals surface area contributed by atoms with E-state index in [2.05, 4.69) is 6.58 Å². The van der Waals surface area contributed by atoms with Gasteiger partial charge in [-0.2, -0.15) is 0 Å². The van der Waals surface area contributed by atoms with E-state index < -0.39 is 17.0 Å². The largest absolute Gasteiger partial charge is 0.478 e. The van der Waals surface area contributed by atoms with Gasteiger partial charge in [-0.1, -0.05) is 50.8 Å². The molecule has 1 aliphatic rings. The van der Waals surface area contributed by atoms with Gasteiger partial charge in [-0.15, -0.1) is 0 Å². The van der Waals surface area contributed by atoms with Gasteiger partial charge in [-0.3, -0.25) is 4.79 Å². The summed E-state index contributed by atoms with van der Waals surface area (Å²) in [5.74, 6) is -1.09. The molecule has 0 fully saturated rings. The van der Waals surface area contributed by atoms with Crippen LogP contribution < -0.4 is 0 Å². The van der Waals surface area contributed by atoms with Crippen molar-refractivity contribution in [3.8, 4) is 0 Å². The van der Waals surface area contributed by atoms with Gasteiger partial charge in [0.25, 0.3) is 0 Å². The summed E-state index contributed by atoms with van der Waals surface area (Å²) in [7, 11) is 0. The second-order valence-electron chi connectivity index (χ2n) is 7.16. The molecule has 4 heteroatoms. The number of carboxylic acid groups (broad SMARTS) is 1. The van der Waals surface area contributed by atoms with Crippen LogP contribution in [-0.2, 0) is 9.59 Å². The molecule has 0 aromatic heterocycles. The normalized spacial score (nSPS) is 24.6. The molecule has 1 atom stereocenters. The number of hydrogen-bond acceptors (Lipinski definition) is 3. The van der Waals surface area contributed by atoms with E-state index in [-0.39, 0.29) is 12.2 Å². The highest BCUT2D eigenvalue weighted by Gasteiger charge is 2.49. The molecule has 0 aromatic carbocycles. The lowest BCUT2D eigenvalue weighted by molar-refractivity contribution is -0.131. The molecule has 0 radical (unpaired) electrons. The second-order valence-corrected chi connectivity index (χ2v) is 7.16. The molecule has 0 heterocycles. The number of hydrogen-bond donors (Lipinski definition) is 2. The summed E-state index contributed by atoms with van der Waals surface area (Å²) in [5.41, 5.74) is 0.0391. The first-order valence-corrected chi connectivity index (χ1v) is 8.53. The van der Waals surface area contributed by atoms with Crippen molar-refractivity contribution in [1.29, 1.82) is 0 Å². The van der Waals surface area contributed by atoms with Crippen molar-refractivity contribution in [2.45, 2.75) is 46.6 Å². The molecule has 140 valence electrons. The molecule has 1 unspecified atom stereocenters. The van der Waals surface area contributed by atoms with Gasteiger partial charge in [-0.25, -0.2) is 4.79 Å². The van der Waals surface area contributed by atoms with E-state index in [4.69, 9.17) is 5.11 Å². The first-order valence-electron chi connectivity index (χ1n) is 8.53. The van der Waals surface area contributed by atoms with Gasteiger partial charge >= 0.3 is 5.97 Å². The van der Waals surface area contributed by atoms with Gasteiger partial charge in [0.15, 0.2) is 5.78 Å². The zero-order valence-electron chi connectivity index (χ0n) is 16.2. The third kappa shape index (κ3) is 4.38. The number of allylic oxidation sites excluding steroid dienone is 8. The van der Waals surface area contributed by atoms with Crippen molar-refractivity contribution in [1.82, 2.24) is 0 Å². The first kappa shape index (κ1) is 21.6. The molecule has 0 aromatic rings. The highest BCUT2D eigenvalue weighted by atomic mass is 16.4. The highest BCUT2D eigenvalue weighted by molar-refractivity contribution is 6.03. The lowest BCUT2D eigenvalue weighted by atomic mass is 9.61. The third-order valence-corrected chi connectivity index (χ3v) is 4.78. The maximum atomic E-state index is 12.8. The van der Waals surface area contributed by atoms with Crippen molar-refractivity contribution >= 4 is 11.8 Å². The summed E-state index contributed by atoms with van der Waals surface area (Å²) < 4.78 is 0. The Labute approximate surface area is 155 Å². The Balaban J connectivity index is 3.61. The zero-order chi connectivity index (χ0) is 20.1. The van der Waals surface area contributed by atoms with Gasteiger partial charge in [-0.05, 0) is 43.6 Å². The van der Waals surface area contributed by atoms with Crippen molar-refractivity contribution in [3.05, 3.63) is 71.4 Å². The number of ketones is 1. The fourth-order valence-corrected chi connectivity index (χ4v) is 3.21. The van der Waals surface area contributed by atoms with Crippen LogP contribution >= 0.6 is 0 Å². The monoisotopic (exact) mass is 356 g/mol. The molecule has 26 heavy (non-hydrogen) atoms. The SMILES string of the molecule is C=C/C(=C\C=C/C)C1=C(C)C(O)(/C=C/C(C)=C\C(=O)O)C(C)(C)CC1=O. The van der Waals surface area contributed by atoms with E-state index in [0.29, 0.717) is 22.3 Å². The Morgan fingerprint density at radius 2 is 1.92 bits per heavy atom. The fraction of sp³-hybridized carbons (Fsp3) is 0.364. The second kappa shape index (κ2) is 8.28. The lowest BCUT2D eigenvalue weighted by Crippen LogP contribution is -2.49. The summed E-state index contributed by atoms with van der Waals surface area (Å²) in [5, 5.41) is 20.3. The summed E-state index contributed by atoms with van der Waals surface area (Å²) >= 11 is 0. The smallest absolute Gasteiger partial charge is 0.328 e. The molecule has 0 amide bonds. The van der Waals surface area contributed by atoms with Crippen LogP contribution in [0, 0.1) is 5.41 Å². The van der Waals surface area contributed by atoms with Crippen LogP contribution in [0.1, 0.15) is 41.0 Å². The molecule has 0 spiro atoms. The van der Waals surface area contributed by atoms with Gasteiger partial charge in [0, 0.05) is 23.5 Å². The Kier molecular flexibility index (Phi) is 6.87. The minimum absolute atomic E-state index is 0.0426. The zero-order valence-corrected chi connectivity index (χ0v) is 16.2. The van der Waals surface area contributed by atoms with E-state index in [0.717, 1.165) is 6.08 Å². The van der Waals surface area contributed by atoms with Crippen LogP contribution in [0.15, 0.2) is 71.4 Å². The van der Waals surface area contributed by atoms with E-state index >= 15 is 0 Å². The summed E-state index contributed by atoms with van der Waals surface area (Å²) in [6, 6.07) is 0. The maximum absolute atomic E-state index is 12.8. The molecule has 4 nitrogen and oxygen atoms in total. The van der Waals surface area contributed by atoms with Gasteiger partial charge in [0.1, 0.15) is 5.60 Å². The maximum Gasteiger partial charge on any atom is 0.328 e. The number of carbonyl (C=O) groups excluding carboxylic acids is 1. The molecular weight excluding hydrogens is 328 g/mol. The summed E-state index contributed by atoms with van der Waals surface area (Å²) in [6.07, 6.45) is 11.5. The molecule has 2 N–H and O–H groups in total. The minimum Gasteiger partial charge on any atom is -0.478 e. The Morgan fingerprint density at radius 3 is 2.42 bits per heavy atom. The van der Waals surface area contributed by atoms with Crippen molar-refractivity contribution in [2.75, 3.05) is 0 Å². The Morgan fingerprint density at radius 1 is 1.31 bits per heavy atom. The quantitative estimate of drug-likeness (QED) is 0.549. The van der Waals surface area contributed by atoms with E-state index in [1.54, 1.807) is 38.2 Å². The molecule has 0 saturated carbocycles. The predicted molar refractivity (Wildman–Crippen MR) is 105 cm³/mol. The Hall–Kier alpha value is -2.46. The summed E-state index contributed by atoms with van der Waals surface area (Å²) in [6.45, 7) is 12.7. The van der Waals surface area contributed by atoms with Crippen LogP contribution in [-0.4, -0.2) is 27.6 Å². The molecule has 0 bridgehead atoms. The number of aliphatic hydroxyl groups is 1. The molecule has 1 rings (SSSR count). The van der Waals surface area contributed by atoms with Gasteiger partial charge < -0.3 is 10.2 Å². The van der Waals surface area contributed by atoms with Gasteiger partial charge in [0.2, 0.25) is 0 Å². The summed E-state index contributed by atoms with van der Waals surface area (Å²) in [4.78, 5) is 23.6. The van der Waals surface area contributed by atoms with Crippen LogP contribution in [0.25, 0.3) is 0 Å². The van der Waals surface area contributed by atoms with Crippen LogP contribution in [0.4, 0.5) is 0 Å². The van der Waals surface area contributed by atoms with Crippen LogP contribution in [0.2, 0.25) is 0 Å². The topological polar surface area (TPSA) is 74.6 Å². The number of Topliss-reactive ketones (excluding diaryl/α,β-unsaturated/α-hetero) is 1. The molecular formula is C22H28O4. The molecule has 0 aliphatic heterocycles. The standard InChI is InChI=1S/C22H28O4/c1-7-9-10-17(8-2)20-16(4)22(26,21(5,6)14-18(20)23)12-11-15(3)13-19(24)25/h7-13,26H,2,14H2,1,3-6H3,(H,24,25)/b9-7-,12-11+,15-13-,17-10+. The lowest BCUT2D eigenvalue weighted by Gasteiger charge is -2.46. The van der Waals surface area contributed by atoms with E-state index in [9.17, 15) is 14.7 Å². The van der Waals surface area contributed by atoms with Crippen molar-refractivity contribution in [2.24, 2.45) is 5.41 Å². The molecule has 0 saturated heterocycles. The average Bonchev–Trinajstić information content (AvgIpc) is 2.53. The van der Waals surface area contributed by atoms with Crippen molar-refractivity contribution < 1.29 is 19.8 Å². The minimum atomic E-state index is -1.39. The average molecular weight is 356 g/mol. The number of carboxylic acids is 1. The Bertz CT molecular complexity index is 757. The first-order chi connectivity index (χ1) is 12.0. The third-order valence-electron chi connectivity index (χ3n) is 4.78. The number of carbonyl (C=O) groups is 2. The molecule has 1 aliphatic carbocycles. The van der Waals surface area contributed by atoms with Crippen LogP contribution in [0.5, 0.6) is 0 Å². The number of rotatable bonds is 6.